The predicted octanol–water partition coefficient (Wildman–Crippen LogP) is 5.83. The second-order valence-corrected chi connectivity index (χ2v) is 13.6. The van der Waals surface area contributed by atoms with Gasteiger partial charge >= 0.3 is 30.3 Å². The van der Waals surface area contributed by atoms with E-state index in [0.717, 1.165) is 30.8 Å². The molecule has 0 radical (unpaired) electrons. The van der Waals surface area contributed by atoms with Crippen LogP contribution >= 0.6 is 31.9 Å². The molecule has 4 amide bonds. The Hall–Kier alpha value is -4.73. The number of nitrogens with two attached hydrogens (primary N) is 2. The van der Waals surface area contributed by atoms with Crippen molar-refractivity contribution in [2.75, 3.05) is 26.2 Å². The molecule has 1 saturated heterocycles. The molecule has 1 aliphatic rings. The number of amides is 4. The molecule has 0 saturated carbocycles. The van der Waals surface area contributed by atoms with Crippen molar-refractivity contribution in [3.63, 3.8) is 0 Å². The maximum Gasteiger partial charge on any atom is 0.490 e. The van der Waals surface area contributed by atoms with E-state index in [4.69, 9.17) is 41.2 Å². The Morgan fingerprint density at radius 2 is 1.00 bits per heavy atom. The zero-order valence-corrected chi connectivity index (χ0v) is 31.5. The van der Waals surface area contributed by atoms with E-state index in [9.17, 15) is 40.7 Å². The van der Waals surface area contributed by atoms with Crippen molar-refractivity contribution in [2.24, 2.45) is 16.9 Å². The van der Waals surface area contributed by atoms with Crippen molar-refractivity contribution in [2.45, 2.75) is 38.0 Å². The van der Waals surface area contributed by atoms with E-state index in [0.29, 0.717) is 37.3 Å². The zero-order valence-electron chi connectivity index (χ0n) is 28.3. The van der Waals surface area contributed by atoms with Crippen molar-refractivity contribution in [3.05, 3.63) is 81.0 Å². The highest BCUT2D eigenvalue weighted by molar-refractivity contribution is 9.10. The molecule has 1 aliphatic heterocycles. The van der Waals surface area contributed by atoms with Crippen LogP contribution < -0.4 is 11.5 Å². The summed E-state index contributed by atoms with van der Waals surface area (Å²) in [5, 5.41) is 16.1. The van der Waals surface area contributed by atoms with Crippen LogP contribution in [0.15, 0.2) is 69.6 Å². The largest absolute Gasteiger partial charge is 0.490 e. The van der Waals surface area contributed by atoms with Gasteiger partial charge in [0.15, 0.2) is 0 Å². The van der Waals surface area contributed by atoms with E-state index in [-0.39, 0.29) is 25.9 Å². The summed E-state index contributed by atoms with van der Waals surface area (Å²) in [5.41, 5.74) is 12.5. The number of carbonyl (C=O) groups is 5. The number of carbonyl (C=O) groups excluding carboxylic acids is 3. The predicted molar refractivity (Wildman–Crippen MR) is 192 cm³/mol. The number of benzene rings is 2. The van der Waals surface area contributed by atoms with Gasteiger partial charge in [0, 0.05) is 57.0 Å². The van der Waals surface area contributed by atoms with Crippen LogP contribution in [0.5, 0.6) is 0 Å². The number of rotatable bonds is 10. The van der Waals surface area contributed by atoms with Gasteiger partial charge in [-0.3, -0.25) is 29.4 Å². The van der Waals surface area contributed by atoms with E-state index < -0.39 is 47.6 Å². The number of fused-ring (bicyclic) bond motifs is 2. The third-order valence-electron chi connectivity index (χ3n) is 7.81. The maximum absolute atomic E-state index is 14.3. The molecule has 0 bridgehead atoms. The van der Waals surface area contributed by atoms with E-state index in [1.165, 1.54) is 9.80 Å². The van der Waals surface area contributed by atoms with Crippen molar-refractivity contribution < 1.29 is 60.5 Å². The number of urea groups is 1. The standard InChI is InChI=1S/C30H30Br2N6O3.2C2HF3O2/c31-21-5-9-25-19(15-21)3-7-23(35-25)17-30(18-24-8-4-20-16-22(32)6-10-26(20)36-24)27(39)37(13-1-11-33)29(41)38(28(30)40)14-2-12-34;2*3-2(4,5)1(6)7/h3-10,15-16H,1-2,11-14,17-18,33-34H2;2*(H,6,7). The molecule has 0 unspecified atom stereocenters. The van der Waals surface area contributed by atoms with Crippen LogP contribution in [0.2, 0.25) is 0 Å². The highest BCUT2D eigenvalue weighted by Crippen LogP contribution is 2.37. The molecule has 21 heteroatoms. The third kappa shape index (κ3) is 11.6. The average Bonchev–Trinajstić information content (AvgIpc) is 3.10. The van der Waals surface area contributed by atoms with Gasteiger partial charge in [0.1, 0.15) is 5.41 Å². The first kappa shape index (κ1) is 44.7. The first-order valence-electron chi connectivity index (χ1n) is 15.9. The lowest BCUT2D eigenvalue weighted by atomic mass is 9.74. The zero-order chi connectivity index (χ0) is 41.3. The molecule has 3 heterocycles. The summed E-state index contributed by atoms with van der Waals surface area (Å²) in [6.45, 7) is 0.816. The Balaban J connectivity index is 0.000000494. The average molecular weight is 910 g/mol. The molecule has 5 rings (SSSR count). The van der Waals surface area contributed by atoms with Crippen LogP contribution in [0, 0.1) is 5.41 Å². The second-order valence-electron chi connectivity index (χ2n) is 11.8. The monoisotopic (exact) mass is 908 g/mol. The van der Waals surface area contributed by atoms with Crippen LogP contribution in [0.3, 0.4) is 0 Å². The normalized spacial score (nSPS) is 14.3. The fourth-order valence-electron chi connectivity index (χ4n) is 5.28. The molecule has 0 atom stereocenters. The summed E-state index contributed by atoms with van der Waals surface area (Å²) < 4.78 is 65.3. The molecule has 2 aromatic carbocycles. The second kappa shape index (κ2) is 18.7. The van der Waals surface area contributed by atoms with E-state index in [1.54, 1.807) is 0 Å². The van der Waals surface area contributed by atoms with Gasteiger partial charge in [0.25, 0.3) is 0 Å². The molecular formula is C34H32Br2F6N6O7. The summed E-state index contributed by atoms with van der Waals surface area (Å²) in [6.07, 6.45) is -9.33. The first-order chi connectivity index (χ1) is 25.6. The number of nitrogens with zero attached hydrogens (tertiary/aromatic N) is 4. The SMILES string of the molecule is NCCCN1C(=O)N(CCCN)C(=O)C(Cc2ccc3cc(Br)ccc3n2)(Cc2ccc3cc(Br)ccc3n2)C1=O.O=C(O)C(F)(F)F.O=C(O)C(F)(F)F. The van der Waals surface area contributed by atoms with Gasteiger partial charge < -0.3 is 21.7 Å². The van der Waals surface area contributed by atoms with Crippen LogP contribution in [-0.2, 0) is 32.0 Å². The number of halogens is 8. The number of barbiturate groups is 1. The fraction of sp³-hybridized carbons (Fsp3) is 0.324. The highest BCUT2D eigenvalue weighted by atomic mass is 79.9. The van der Waals surface area contributed by atoms with Crippen molar-refractivity contribution >= 4 is 83.4 Å². The fourth-order valence-corrected chi connectivity index (χ4v) is 6.04. The molecular weight excluding hydrogens is 878 g/mol. The van der Waals surface area contributed by atoms with Gasteiger partial charge in [0.05, 0.1) is 11.0 Å². The van der Waals surface area contributed by atoms with Crippen molar-refractivity contribution in [3.8, 4) is 0 Å². The lowest BCUT2D eigenvalue weighted by molar-refractivity contribution is -0.193. The number of alkyl halides is 6. The molecule has 296 valence electrons. The molecule has 13 nitrogen and oxygen atoms in total. The molecule has 55 heavy (non-hydrogen) atoms. The van der Waals surface area contributed by atoms with Crippen LogP contribution in [0.4, 0.5) is 31.1 Å². The Labute approximate surface area is 324 Å². The maximum atomic E-state index is 14.3. The topological polar surface area (TPSA) is 210 Å². The Morgan fingerprint density at radius 3 is 1.31 bits per heavy atom. The molecule has 0 spiro atoms. The molecule has 0 aliphatic carbocycles. The number of aliphatic carboxylic acids is 2. The van der Waals surface area contributed by atoms with E-state index in [1.807, 2.05) is 60.7 Å². The van der Waals surface area contributed by atoms with Crippen LogP contribution in [0.25, 0.3) is 21.8 Å². The smallest absolute Gasteiger partial charge is 0.475 e. The van der Waals surface area contributed by atoms with E-state index >= 15 is 0 Å². The number of aromatic nitrogens is 2. The van der Waals surface area contributed by atoms with Gasteiger partial charge in [0.2, 0.25) is 11.8 Å². The lowest BCUT2D eigenvalue weighted by Crippen LogP contribution is -2.67. The molecule has 1 fully saturated rings. The lowest BCUT2D eigenvalue weighted by Gasteiger charge is -2.44. The highest BCUT2D eigenvalue weighted by Gasteiger charge is 2.57. The minimum absolute atomic E-state index is 0.00224. The third-order valence-corrected chi connectivity index (χ3v) is 8.80. The van der Waals surface area contributed by atoms with E-state index in [2.05, 4.69) is 31.9 Å². The van der Waals surface area contributed by atoms with Crippen molar-refractivity contribution in [1.29, 1.82) is 0 Å². The number of pyridine rings is 2. The summed E-state index contributed by atoms with van der Waals surface area (Å²) in [5.74, 6) is -6.62. The Bertz CT molecular complexity index is 1930. The van der Waals surface area contributed by atoms with Gasteiger partial charge in [-0.25, -0.2) is 14.4 Å². The summed E-state index contributed by atoms with van der Waals surface area (Å²) in [7, 11) is 0. The number of hydrogen-bond donors (Lipinski definition) is 4. The molecule has 6 N–H and O–H groups in total. The Kier molecular flexibility index (Phi) is 15.2. The first-order valence-corrected chi connectivity index (χ1v) is 17.5. The van der Waals surface area contributed by atoms with Gasteiger partial charge in [-0.1, -0.05) is 44.0 Å². The minimum atomic E-state index is -5.08. The van der Waals surface area contributed by atoms with Gasteiger partial charge in [-0.2, -0.15) is 26.3 Å². The Morgan fingerprint density at radius 1 is 0.655 bits per heavy atom. The van der Waals surface area contributed by atoms with Gasteiger partial charge in [-0.05, 0) is 74.5 Å². The molecule has 4 aromatic rings. The summed E-state index contributed by atoms with van der Waals surface area (Å²) in [6, 6.07) is 18.3. The van der Waals surface area contributed by atoms with Crippen molar-refractivity contribution in [1.82, 2.24) is 19.8 Å². The number of carboxylic acid groups (broad SMARTS) is 2. The minimum Gasteiger partial charge on any atom is -0.475 e. The quantitative estimate of drug-likeness (QED) is 0.110. The van der Waals surface area contributed by atoms with Gasteiger partial charge in [-0.15, -0.1) is 0 Å². The van der Waals surface area contributed by atoms with Crippen LogP contribution in [0.1, 0.15) is 24.2 Å². The number of imide groups is 2. The molecule has 2 aromatic heterocycles. The van der Waals surface area contributed by atoms with Crippen LogP contribution in [-0.4, -0.2) is 98.3 Å². The summed E-state index contributed by atoms with van der Waals surface area (Å²) in [4.78, 5) is 71.9. The number of hydrogen-bond acceptors (Lipinski definition) is 9. The number of carboxylic acids is 2. The summed E-state index contributed by atoms with van der Waals surface area (Å²) >= 11 is 6.97.